The van der Waals surface area contributed by atoms with Crippen molar-refractivity contribution in [2.75, 3.05) is 0 Å². The maximum atomic E-state index is 12.5. The van der Waals surface area contributed by atoms with Gasteiger partial charge in [-0.2, -0.15) is 5.26 Å². The standard InChI is InChI=1S/C9H5ClF2N2O2/c10-5-1-4(3-13)8(9(11)12)14-6(5)2-7(15)16/h1,9H,2H2,(H,15,16). The van der Waals surface area contributed by atoms with E-state index in [1.807, 2.05) is 0 Å². The summed E-state index contributed by atoms with van der Waals surface area (Å²) in [7, 11) is 0. The predicted octanol–water partition coefficient (Wildman–Crippen LogP) is 2.17. The molecule has 16 heavy (non-hydrogen) atoms. The molecule has 1 heterocycles. The van der Waals surface area contributed by atoms with E-state index in [1.165, 1.54) is 6.07 Å². The van der Waals surface area contributed by atoms with Crippen molar-refractivity contribution in [1.82, 2.24) is 4.98 Å². The van der Waals surface area contributed by atoms with Gasteiger partial charge in [-0.3, -0.25) is 4.79 Å². The number of nitrogens with zero attached hydrogens (tertiary/aromatic N) is 2. The Bertz CT molecular complexity index is 471. The van der Waals surface area contributed by atoms with Gasteiger partial charge in [-0.15, -0.1) is 0 Å². The lowest BCUT2D eigenvalue weighted by Crippen LogP contribution is -2.07. The number of nitriles is 1. The number of carbonyl (C=O) groups is 1. The number of pyridine rings is 1. The molecule has 0 saturated heterocycles. The number of aliphatic carboxylic acids is 1. The van der Waals surface area contributed by atoms with Crippen LogP contribution < -0.4 is 0 Å². The van der Waals surface area contributed by atoms with E-state index in [0.717, 1.165) is 6.07 Å². The van der Waals surface area contributed by atoms with E-state index in [9.17, 15) is 13.6 Å². The fourth-order valence-corrected chi connectivity index (χ4v) is 1.28. The van der Waals surface area contributed by atoms with Gasteiger partial charge in [0.2, 0.25) is 0 Å². The van der Waals surface area contributed by atoms with Crippen molar-refractivity contribution in [3.8, 4) is 6.07 Å². The van der Waals surface area contributed by atoms with Crippen LogP contribution in [0.15, 0.2) is 6.07 Å². The lowest BCUT2D eigenvalue weighted by Gasteiger charge is -2.06. The largest absolute Gasteiger partial charge is 0.481 e. The van der Waals surface area contributed by atoms with Crippen LogP contribution in [0.2, 0.25) is 5.02 Å². The third-order valence-corrected chi connectivity index (χ3v) is 2.05. The third kappa shape index (κ3) is 2.64. The molecule has 7 heteroatoms. The van der Waals surface area contributed by atoms with Gasteiger partial charge in [0.15, 0.2) is 0 Å². The Kier molecular flexibility index (Phi) is 3.74. The van der Waals surface area contributed by atoms with Gasteiger partial charge in [0.1, 0.15) is 11.8 Å². The van der Waals surface area contributed by atoms with Gasteiger partial charge >= 0.3 is 5.97 Å². The van der Waals surface area contributed by atoms with Gasteiger partial charge in [-0.05, 0) is 6.07 Å². The van der Waals surface area contributed by atoms with Crippen LogP contribution >= 0.6 is 11.6 Å². The van der Waals surface area contributed by atoms with Crippen LogP contribution in [0.3, 0.4) is 0 Å². The Hall–Kier alpha value is -1.74. The summed E-state index contributed by atoms with van der Waals surface area (Å²) >= 11 is 5.61. The summed E-state index contributed by atoms with van der Waals surface area (Å²) in [4.78, 5) is 13.8. The first-order valence-corrected chi connectivity index (χ1v) is 4.43. The molecule has 1 rings (SSSR count). The van der Waals surface area contributed by atoms with Crippen LogP contribution in [0.1, 0.15) is 23.4 Å². The Labute approximate surface area is 94.1 Å². The SMILES string of the molecule is N#Cc1cc(Cl)c(CC(=O)O)nc1C(F)F. The smallest absolute Gasteiger partial charge is 0.309 e. The van der Waals surface area contributed by atoms with E-state index in [2.05, 4.69) is 4.98 Å². The minimum Gasteiger partial charge on any atom is -0.481 e. The van der Waals surface area contributed by atoms with Gasteiger partial charge in [0.25, 0.3) is 6.43 Å². The highest BCUT2D eigenvalue weighted by molar-refractivity contribution is 6.31. The monoisotopic (exact) mass is 246 g/mol. The number of halogens is 3. The normalized spacial score (nSPS) is 10.2. The lowest BCUT2D eigenvalue weighted by molar-refractivity contribution is -0.136. The van der Waals surface area contributed by atoms with Crippen LogP contribution in [0.25, 0.3) is 0 Å². The number of carboxylic acid groups (broad SMARTS) is 1. The van der Waals surface area contributed by atoms with Crippen molar-refractivity contribution in [2.24, 2.45) is 0 Å². The van der Waals surface area contributed by atoms with E-state index in [0.29, 0.717) is 0 Å². The third-order valence-electron chi connectivity index (χ3n) is 1.72. The van der Waals surface area contributed by atoms with Gasteiger partial charge in [-0.25, -0.2) is 13.8 Å². The van der Waals surface area contributed by atoms with Crippen molar-refractivity contribution in [2.45, 2.75) is 12.8 Å². The van der Waals surface area contributed by atoms with E-state index in [4.69, 9.17) is 22.0 Å². The quantitative estimate of drug-likeness (QED) is 0.887. The number of alkyl halides is 2. The first kappa shape index (κ1) is 12.3. The van der Waals surface area contributed by atoms with E-state index >= 15 is 0 Å². The molecule has 0 spiro atoms. The number of hydrogen-bond donors (Lipinski definition) is 1. The first-order chi connectivity index (χ1) is 7.45. The molecule has 0 amide bonds. The molecule has 0 saturated carbocycles. The van der Waals surface area contributed by atoms with E-state index in [-0.39, 0.29) is 16.3 Å². The van der Waals surface area contributed by atoms with Gasteiger partial charge < -0.3 is 5.11 Å². The molecule has 1 aromatic heterocycles. The van der Waals surface area contributed by atoms with Crippen LogP contribution in [0.5, 0.6) is 0 Å². The summed E-state index contributed by atoms with van der Waals surface area (Å²) in [5, 5.41) is 17.0. The summed E-state index contributed by atoms with van der Waals surface area (Å²) < 4.78 is 24.9. The minimum absolute atomic E-state index is 0.108. The average molecular weight is 247 g/mol. The summed E-state index contributed by atoms with van der Waals surface area (Å²) in [5.41, 5.74) is -1.28. The Morgan fingerprint density at radius 3 is 2.75 bits per heavy atom. The highest BCUT2D eigenvalue weighted by atomic mass is 35.5. The van der Waals surface area contributed by atoms with Crippen LogP contribution in [-0.2, 0) is 11.2 Å². The number of hydrogen-bond acceptors (Lipinski definition) is 3. The second-order valence-electron chi connectivity index (χ2n) is 2.83. The molecule has 4 nitrogen and oxygen atoms in total. The molecule has 0 atom stereocenters. The zero-order chi connectivity index (χ0) is 12.3. The Morgan fingerprint density at radius 1 is 1.69 bits per heavy atom. The molecule has 0 aliphatic carbocycles. The molecule has 0 aliphatic heterocycles. The predicted molar refractivity (Wildman–Crippen MR) is 50.3 cm³/mol. The molecule has 0 fully saturated rings. The van der Waals surface area contributed by atoms with Crippen molar-refractivity contribution < 1.29 is 18.7 Å². The highest BCUT2D eigenvalue weighted by Gasteiger charge is 2.19. The molecular formula is C9H5ClF2N2O2. The number of carboxylic acids is 1. The summed E-state index contributed by atoms with van der Waals surface area (Å²) in [6, 6.07) is 2.52. The molecule has 0 radical (unpaired) electrons. The number of aromatic nitrogens is 1. The minimum atomic E-state index is -2.94. The van der Waals surface area contributed by atoms with Crippen molar-refractivity contribution in [3.63, 3.8) is 0 Å². The maximum Gasteiger partial charge on any atom is 0.309 e. The van der Waals surface area contributed by atoms with Crippen LogP contribution in [-0.4, -0.2) is 16.1 Å². The van der Waals surface area contributed by atoms with Crippen molar-refractivity contribution in [3.05, 3.63) is 28.0 Å². The van der Waals surface area contributed by atoms with Crippen molar-refractivity contribution >= 4 is 17.6 Å². The van der Waals surface area contributed by atoms with Crippen LogP contribution in [0, 0.1) is 11.3 Å². The fraction of sp³-hybridized carbons (Fsp3) is 0.222. The molecule has 1 aromatic rings. The Morgan fingerprint density at radius 2 is 2.31 bits per heavy atom. The molecule has 0 bridgehead atoms. The second-order valence-corrected chi connectivity index (χ2v) is 3.24. The molecule has 0 unspecified atom stereocenters. The van der Waals surface area contributed by atoms with Gasteiger partial charge in [0, 0.05) is 0 Å². The molecule has 0 aliphatic rings. The summed E-state index contributed by atoms with van der Waals surface area (Å²) in [5.74, 6) is -1.24. The van der Waals surface area contributed by atoms with Crippen LogP contribution in [0.4, 0.5) is 8.78 Å². The fourth-order valence-electron chi connectivity index (χ4n) is 1.07. The first-order valence-electron chi connectivity index (χ1n) is 4.05. The van der Waals surface area contributed by atoms with E-state index in [1.54, 1.807) is 0 Å². The maximum absolute atomic E-state index is 12.5. The second kappa shape index (κ2) is 4.86. The Balaban J connectivity index is 3.28. The summed E-state index contributed by atoms with van der Waals surface area (Å²) in [6.45, 7) is 0. The zero-order valence-electron chi connectivity index (χ0n) is 7.75. The highest BCUT2D eigenvalue weighted by Crippen LogP contribution is 2.25. The van der Waals surface area contributed by atoms with Gasteiger partial charge in [0.05, 0.1) is 22.7 Å². The summed E-state index contributed by atoms with van der Waals surface area (Å²) in [6.07, 6.45) is -3.51. The van der Waals surface area contributed by atoms with E-state index < -0.39 is 24.5 Å². The topological polar surface area (TPSA) is 74.0 Å². The average Bonchev–Trinajstić information content (AvgIpc) is 2.19. The van der Waals surface area contributed by atoms with Gasteiger partial charge in [-0.1, -0.05) is 11.6 Å². The molecular weight excluding hydrogens is 242 g/mol. The molecule has 0 aromatic carbocycles. The lowest BCUT2D eigenvalue weighted by atomic mass is 10.1. The van der Waals surface area contributed by atoms with Crippen molar-refractivity contribution in [1.29, 1.82) is 5.26 Å². The number of rotatable bonds is 3. The molecule has 1 N–H and O–H groups in total. The zero-order valence-corrected chi connectivity index (χ0v) is 8.50. The molecule has 84 valence electrons.